The Morgan fingerprint density at radius 2 is 1.45 bits per heavy atom. The van der Waals surface area contributed by atoms with Crippen LogP contribution >= 0.6 is 0 Å². The molecule has 3 aromatic rings. The maximum atomic E-state index is 13.5. The molecule has 1 N–H and O–H groups in total. The first-order chi connectivity index (χ1) is 13.5. The molecule has 0 aliphatic heterocycles. The first-order valence-electron chi connectivity index (χ1n) is 8.29. The van der Waals surface area contributed by atoms with E-state index in [9.17, 15) is 26.0 Å². The van der Waals surface area contributed by atoms with Crippen molar-refractivity contribution in [2.24, 2.45) is 0 Å². The lowest BCUT2D eigenvalue weighted by atomic mass is 10.1. The van der Waals surface area contributed by atoms with Crippen molar-refractivity contribution in [1.82, 2.24) is 0 Å². The molecule has 0 amide bonds. The summed E-state index contributed by atoms with van der Waals surface area (Å²) in [7, 11) is -4.22. The number of halogens is 4. The summed E-state index contributed by atoms with van der Waals surface area (Å²) in [6, 6.07) is 13.2. The lowest BCUT2D eigenvalue weighted by molar-refractivity contribution is -0.137. The van der Waals surface area contributed by atoms with E-state index in [0.717, 1.165) is 23.8 Å². The van der Waals surface area contributed by atoms with Gasteiger partial charge >= 0.3 is 6.18 Å². The maximum Gasteiger partial charge on any atom is 0.418 e. The molecule has 0 bridgehead atoms. The summed E-state index contributed by atoms with van der Waals surface area (Å²) < 4.78 is 85.7. The number of aryl methyl sites for hydroxylation is 1. The van der Waals surface area contributed by atoms with E-state index in [4.69, 9.17) is 4.74 Å². The Balaban J connectivity index is 1.94. The molecule has 0 aliphatic rings. The van der Waals surface area contributed by atoms with Crippen molar-refractivity contribution >= 4 is 15.7 Å². The van der Waals surface area contributed by atoms with Crippen LogP contribution in [0.25, 0.3) is 0 Å². The number of hydrogen-bond acceptors (Lipinski definition) is 3. The third-order valence-corrected chi connectivity index (χ3v) is 5.30. The van der Waals surface area contributed by atoms with Gasteiger partial charge in [-0.1, -0.05) is 17.7 Å². The molecule has 3 rings (SSSR count). The largest absolute Gasteiger partial charge is 0.457 e. The topological polar surface area (TPSA) is 55.4 Å². The zero-order chi connectivity index (χ0) is 21.2. The van der Waals surface area contributed by atoms with Crippen LogP contribution in [0.2, 0.25) is 0 Å². The Morgan fingerprint density at radius 1 is 0.862 bits per heavy atom. The van der Waals surface area contributed by atoms with Crippen molar-refractivity contribution in [3.05, 3.63) is 83.7 Å². The Labute approximate surface area is 164 Å². The predicted molar refractivity (Wildman–Crippen MR) is 99.9 cm³/mol. The summed E-state index contributed by atoms with van der Waals surface area (Å²) in [5, 5.41) is 0. The van der Waals surface area contributed by atoms with Gasteiger partial charge in [0.25, 0.3) is 10.0 Å². The number of benzene rings is 3. The molecule has 9 heteroatoms. The van der Waals surface area contributed by atoms with Crippen LogP contribution in [-0.4, -0.2) is 8.42 Å². The number of ether oxygens (including phenoxy) is 1. The Kier molecular flexibility index (Phi) is 5.52. The molecule has 0 aromatic heterocycles. The molecular weight excluding hydrogens is 410 g/mol. The van der Waals surface area contributed by atoms with Crippen LogP contribution in [0.5, 0.6) is 11.5 Å². The van der Waals surface area contributed by atoms with Gasteiger partial charge in [0, 0.05) is 0 Å². The average Bonchev–Trinajstić information content (AvgIpc) is 2.64. The zero-order valence-corrected chi connectivity index (χ0v) is 15.8. The SMILES string of the molecule is Cc1ccc(S(=O)(=O)Nc2ccc(Oc3ccc(F)cc3)cc2C(F)(F)F)cc1. The van der Waals surface area contributed by atoms with Crippen LogP contribution in [0.1, 0.15) is 11.1 Å². The first-order valence-corrected chi connectivity index (χ1v) is 9.77. The molecule has 0 saturated heterocycles. The zero-order valence-electron chi connectivity index (χ0n) is 15.0. The fourth-order valence-corrected chi connectivity index (χ4v) is 3.55. The number of anilines is 1. The summed E-state index contributed by atoms with van der Waals surface area (Å²) in [6.45, 7) is 1.76. The van der Waals surface area contributed by atoms with E-state index in [1.54, 1.807) is 19.1 Å². The summed E-state index contributed by atoms with van der Waals surface area (Å²) in [5.41, 5.74) is -1.04. The van der Waals surface area contributed by atoms with Crippen LogP contribution in [-0.2, 0) is 16.2 Å². The normalized spacial score (nSPS) is 11.9. The molecule has 0 radical (unpaired) electrons. The van der Waals surface area contributed by atoms with Gasteiger partial charge in [-0.3, -0.25) is 4.72 Å². The molecule has 0 spiro atoms. The molecule has 0 fully saturated rings. The standard InChI is InChI=1S/C20H15F4NO3S/c1-13-2-9-17(10-3-13)29(26,27)25-19-11-8-16(12-18(19)20(22,23)24)28-15-6-4-14(21)5-7-15/h2-12,25H,1H3. The summed E-state index contributed by atoms with van der Waals surface area (Å²) >= 11 is 0. The minimum absolute atomic E-state index is 0.132. The monoisotopic (exact) mass is 425 g/mol. The van der Waals surface area contributed by atoms with Gasteiger partial charge in [0.2, 0.25) is 0 Å². The Hall–Kier alpha value is -3.07. The number of hydrogen-bond donors (Lipinski definition) is 1. The highest BCUT2D eigenvalue weighted by molar-refractivity contribution is 7.92. The fraction of sp³-hybridized carbons (Fsp3) is 0.100. The number of rotatable bonds is 5. The van der Waals surface area contributed by atoms with Crippen molar-refractivity contribution < 1.29 is 30.7 Å². The van der Waals surface area contributed by atoms with E-state index >= 15 is 0 Å². The van der Waals surface area contributed by atoms with Gasteiger partial charge in [0.05, 0.1) is 16.1 Å². The van der Waals surface area contributed by atoms with E-state index in [1.807, 2.05) is 4.72 Å². The fourth-order valence-electron chi connectivity index (χ4n) is 2.47. The molecule has 0 heterocycles. The third-order valence-electron chi connectivity index (χ3n) is 3.92. The van der Waals surface area contributed by atoms with Crippen molar-refractivity contribution in [3.63, 3.8) is 0 Å². The maximum absolute atomic E-state index is 13.5. The summed E-state index contributed by atoms with van der Waals surface area (Å²) in [4.78, 5) is -0.164. The second-order valence-corrected chi connectivity index (χ2v) is 7.86. The first kappa shape index (κ1) is 20.7. The van der Waals surface area contributed by atoms with E-state index in [1.165, 1.54) is 30.3 Å². The average molecular weight is 425 g/mol. The highest BCUT2D eigenvalue weighted by atomic mass is 32.2. The van der Waals surface area contributed by atoms with Crippen LogP contribution in [0.4, 0.5) is 23.2 Å². The van der Waals surface area contributed by atoms with Crippen LogP contribution in [0, 0.1) is 12.7 Å². The number of alkyl halides is 3. The number of sulfonamides is 1. The predicted octanol–water partition coefficient (Wildman–Crippen LogP) is 5.75. The molecular formula is C20H15F4NO3S. The molecule has 0 aliphatic carbocycles. The molecule has 0 unspecified atom stereocenters. The minimum Gasteiger partial charge on any atom is -0.457 e. The van der Waals surface area contributed by atoms with Crippen molar-refractivity contribution in [2.75, 3.05) is 4.72 Å². The summed E-state index contributed by atoms with van der Waals surface area (Å²) in [6.07, 6.45) is -4.84. The quantitative estimate of drug-likeness (QED) is 0.530. The number of nitrogens with one attached hydrogen (secondary N) is 1. The molecule has 152 valence electrons. The smallest absolute Gasteiger partial charge is 0.418 e. The van der Waals surface area contributed by atoms with E-state index in [2.05, 4.69) is 0 Å². The van der Waals surface area contributed by atoms with Crippen LogP contribution < -0.4 is 9.46 Å². The van der Waals surface area contributed by atoms with Gasteiger partial charge in [-0.15, -0.1) is 0 Å². The molecule has 3 aromatic carbocycles. The highest BCUT2D eigenvalue weighted by Crippen LogP contribution is 2.39. The second kappa shape index (κ2) is 7.75. The van der Waals surface area contributed by atoms with Gasteiger partial charge < -0.3 is 4.74 Å². The lowest BCUT2D eigenvalue weighted by Crippen LogP contribution is -2.17. The van der Waals surface area contributed by atoms with Crippen LogP contribution in [0.15, 0.2) is 71.6 Å². The van der Waals surface area contributed by atoms with Crippen molar-refractivity contribution in [2.45, 2.75) is 18.0 Å². The molecule has 0 atom stereocenters. The lowest BCUT2D eigenvalue weighted by Gasteiger charge is -2.16. The molecule has 0 saturated carbocycles. The minimum atomic E-state index is -4.84. The van der Waals surface area contributed by atoms with Crippen molar-refractivity contribution in [3.8, 4) is 11.5 Å². The molecule has 29 heavy (non-hydrogen) atoms. The van der Waals surface area contributed by atoms with E-state index in [0.29, 0.717) is 6.07 Å². The Bertz CT molecular complexity index is 1110. The van der Waals surface area contributed by atoms with Gasteiger partial charge in [-0.05, 0) is 61.5 Å². The van der Waals surface area contributed by atoms with Gasteiger partial charge in [-0.2, -0.15) is 13.2 Å². The van der Waals surface area contributed by atoms with Crippen molar-refractivity contribution in [1.29, 1.82) is 0 Å². The third kappa shape index (κ3) is 5.05. The Morgan fingerprint density at radius 3 is 2.03 bits per heavy atom. The second-order valence-electron chi connectivity index (χ2n) is 6.18. The van der Waals surface area contributed by atoms with E-state index in [-0.39, 0.29) is 16.4 Å². The van der Waals surface area contributed by atoms with Gasteiger partial charge in [-0.25, -0.2) is 12.8 Å². The van der Waals surface area contributed by atoms with E-state index < -0.39 is 33.3 Å². The van der Waals surface area contributed by atoms with Gasteiger partial charge in [0.15, 0.2) is 0 Å². The van der Waals surface area contributed by atoms with Gasteiger partial charge in [0.1, 0.15) is 17.3 Å². The molecule has 4 nitrogen and oxygen atoms in total. The highest BCUT2D eigenvalue weighted by Gasteiger charge is 2.35. The van der Waals surface area contributed by atoms with Crippen LogP contribution in [0.3, 0.4) is 0 Å². The summed E-state index contributed by atoms with van der Waals surface area (Å²) in [5.74, 6) is -0.566.